The topological polar surface area (TPSA) is 46.5 Å². The van der Waals surface area contributed by atoms with Crippen molar-refractivity contribution in [3.05, 3.63) is 57.2 Å². The Labute approximate surface area is 131 Å². The van der Waals surface area contributed by atoms with Crippen LogP contribution in [0.25, 0.3) is 0 Å². The van der Waals surface area contributed by atoms with Crippen LogP contribution >= 0.6 is 22.6 Å². The van der Waals surface area contributed by atoms with Gasteiger partial charge in [-0.05, 0) is 59.0 Å². The molecule has 0 aliphatic carbocycles. The summed E-state index contributed by atoms with van der Waals surface area (Å²) in [5.41, 5.74) is -2.05. The van der Waals surface area contributed by atoms with E-state index >= 15 is 0 Å². The second-order valence-electron chi connectivity index (χ2n) is 4.07. The van der Waals surface area contributed by atoms with Crippen LogP contribution in [-0.4, -0.2) is 11.1 Å². The fourth-order valence-electron chi connectivity index (χ4n) is 1.68. The van der Waals surface area contributed by atoms with E-state index in [0.29, 0.717) is 11.8 Å². The first-order valence-corrected chi connectivity index (χ1v) is 6.73. The number of alkyl halides is 3. The average Bonchev–Trinajstić information content (AvgIpc) is 2.37. The van der Waals surface area contributed by atoms with Crippen LogP contribution < -0.4 is 4.74 Å². The first-order chi connectivity index (χ1) is 9.77. The van der Waals surface area contributed by atoms with Crippen LogP contribution in [0.5, 0.6) is 11.5 Å². The molecule has 0 saturated carbocycles. The predicted molar refractivity (Wildman–Crippen MR) is 77.6 cm³/mol. The van der Waals surface area contributed by atoms with Gasteiger partial charge in [-0.2, -0.15) is 13.2 Å². The van der Waals surface area contributed by atoms with Crippen LogP contribution in [0, 0.1) is 3.57 Å². The molecular formula is C14H8F3IO3. The standard InChI is InChI=1S/C14H8F3IO3/c15-14(16,17)12-5-4-10(7-11(12)13(19)20)21-9-3-1-2-8(18)6-9/h1-7H,(H,19,20). The third-order valence-electron chi connectivity index (χ3n) is 2.56. The van der Waals surface area contributed by atoms with Gasteiger partial charge in [-0.25, -0.2) is 4.79 Å². The Balaban J connectivity index is 2.39. The van der Waals surface area contributed by atoms with Gasteiger partial charge in [0.25, 0.3) is 0 Å². The highest BCUT2D eigenvalue weighted by atomic mass is 127. The minimum Gasteiger partial charge on any atom is -0.478 e. The number of benzene rings is 2. The Morgan fingerprint density at radius 1 is 1.10 bits per heavy atom. The number of hydrogen-bond acceptors (Lipinski definition) is 2. The summed E-state index contributed by atoms with van der Waals surface area (Å²) in [6.07, 6.45) is -4.73. The lowest BCUT2D eigenvalue weighted by Gasteiger charge is -2.12. The molecule has 1 N–H and O–H groups in total. The van der Waals surface area contributed by atoms with E-state index in [4.69, 9.17) is 9.84 Å². The van der Waals surface area contributed by atoms with Crippen molar-refractivity contribution in [1.29, 1.82) is 0 Å². The second kappa shape index (κ2) is 5.92. The van der Waals surface area contributed by atoms with E-state index in [9.17, 15) is 18.0 Å². The molecule has 0 heterocycles. The largest absolute Gasteiger partial charge is 0.478 e. The van der Waals surface area contributed by atoms with Gasteiger partial charge in [-0.15, -0.1) is 0 Å². The molecule has 2 aromatic carbocycles. The zero-order chi connectivity index (χ0) is 15.6. The lowest BCUT2D eigenvalue weighted by Crippen LogP contribution is -2.12. The molecule has 0 bridgehead atoms. The number of halogens is 4. The van der Waals surface area contributed by atoms with Gasteiger partial charge in [0.15, 0.2) is 0 Å². The predicted octanol–water partition coefficient (Wildman–Crippen LogP) is 4.80. The zero-order valence-corrected chi connectivity index (χ0v) is 12.5. The molecule has 21 heavy (non-hydrogen) atoms. The third kappa shape index (κ3) is 3.87. The number of carboxylic acids is 1. The molecule has 0 aliphatic rings. The first-order valence-electron chi connectivity index (χ1n) is 5.65. The van der Waals surface area contributed by atoms with E-state index in [0.717, 1.165) is 15.7 Å². The maximum absolute atomic E-state index is 12.7. The smallest absolute Gasteiger partial charge is 0.417 e. The van der Waals surface area contributed by atoms with E-state index in [2.05, 4.69) is 22.6 Å². The van der Waals surface area contributed by atoms with Crippen molar-refractivity contribution in [3.63, 3.8) is 0 Å². The van der Waals surface area contributed by atoms with Gasteiger partial charge in [0, 0.05) is 3.57 Å². The Morgan fingerprint density at radius 3 is 2.33 bits per heavy atom. The minimum atomic E-state index is -4.73. The number of carbonyl (C=O) groups is 1. The van der Waals surface area contributed by atoms with E-state index in [-0.39, 0.29) is 5.75 Å². The lowest BCUT2D eigenvalue weighted by molar-refractivity contribution is -0.138. The van der Waals surface area contributed by atoms with Crippen molar-refractivity contribution >= 4 is 28.6 Å². The fraction of sp³-hybridized carbons (Fsp3) is 0.0714. The molecule has 110 valence electrons. The number of aromatic carboxylic acids is 1. The molecular weight excluding hydrogens is 400 g/mol. The summed E-state index contributed by atoms with van der Waals surface area (Å²) in [5, 5.41) is 8.91. The van der Waals surface area contributed by atoms with Crippen LogP contribution in [0.2, 0.25) is 0 Å². The summed E-state index contributed by atoms with van der Waals surface area (Å²) in [7, 11) is 0. The van der Waals surface area contributed by atoms with Crippen LogP contribution in [-0.2, 0) is 6.18 Å². The van der Waals surface area contributed by atoms with E-state index in [1.54, 1.807) is 18.2 Å². The van der Waals surface area contributed by atoms with Crippen LogP contribution in [0.3, 0.4) is 0 Å². The molecule has 0 atom stereocenters. The Hall–Kier alpha value is -1.77. The number of rotatable bonds is 3. The zero-order valence-electron chi connectivity index (χ0n) is 10.3. The minimum absolute atomic E-state index is 0.0300. The third-order valence-corrected chi connectivity index (χ3v) is 3.23. The molecule has 0 unspecified atom stereocenters. The first kappa shape index (κ1) is 15.6. The van der Waals surface area contributed by atoms with Crippen molar-refractivity contribution in [2.24, 2.45) is 0 Å². The Kier molecular flexibility index (Phi) is 4.40. The van der Waals surface area contributed by atoms with Gasteiger partial charge in [-0.3, -0.25) is 0 Å². The molecule has 0 aromatic heterocycles. The van der Waals surface area contributed by atoms with E-state index in [1.165, 1.54) is 0 Å². The van der Waals surface area contributed by atoms with Crippen LogP contribution in [0.4, 0.5) is 13.2 Å². The molecule has 2 aromatic rings. The summed E-state index contributed by atoms with van der Waals surface area (Å²) >= 11 is 2.06. The summed E-state index contributed by atoms with van der Waals surface area (Å²) < 4.78 is 44.4. The summed E-state index contributed by atoms with van der Waals surface area (Å²) in [6, 6.07) is 9.51. The van der Waals surface area contributed by atoms with Crippen LogP contribution in [0.1, 0.15) is 15.9 Å². The molecule has 0 radical (unpaired) electrons. The van der Waals surface area contributed by atoms with Crippen molar-refractivity contribution in [3.8, 4) is 11.5 Å². The quantitative estimate of drug-likeness (QED) is 0.743. The van der Waals surface area contributed by atoms with Crippen LogP contribution in [0.15, 0.2) is 42.5 Å². The fourth-order valence-corrected chi connectivity index (χ4v) is 2.19. The lowest BCUT2D eigenvalue weighted by atomic mass is 10.1. The number of hydrogen-bond donors (Lipinski definition) is 1. The molecule has 2 rings (SSSR count). The van der Waals surface area contributed by atoms with Gasteiger partial charge in [-0.1, -0.05) is 6.07 Å². The highest BCUT2D eigenvalue weighted by Crippen LogP contribution is 2.35. The summed E-state index contributed by atoms with van der Waals surface area (Å²) in [6.45, 7) is 0. The van der Waals surface area contributed by atoms with Crippen molar-refractivity contribution in [2.75, 3.05) is 0 Å². The van der Waals surface area contributed by atoms with Gasteiger partial charge in [0.05, 0.1) is 11.1 Å². The highest BCUT2D eigenvalue weighted by molar-refractivity contribution is 14.1. The highest BCUT2D eigenvalue weighted by Gasteiger charge is 2.35. The van der Waals surface area contributed by atoms with E-state index < -0.39 is 23.3 Å². The molecule has 0 amide bonds. The normalized spacial score (nSPS) is 11.2. The van der Waals surface area contributed by atoms with Crippen molar-refractivity contribution in [2.45, 2.75) is 6.18 Å². The summed E-state index contributed by atoms with van der Waals surface area (Å²) in [4.78, 5) is 11.0. The molecule has 0 fully saturated rings. The van der Waals surface area contributed by atoms with E-state index in [1.807, 2.05) is 6.07 Å². The van der Waals surface area contributed by atoms with Gasteiger partial charge >= 0.3 is 12.1 Å². The number of carboxylic acid groups (broad SMARTS) is 1. The molecule has 0 aliphatic heterocycles. The maximum Gasteiger partial charge on any atom is 0.417 e. The maximum atomic E-state index is 12.7. The summed E-state index contributed by atoms with van der Waals surface area (Å²) in [5.74, 6) is -1.21. The number of ether oxygens (including phenoxy) is 1. The molecule has 3 nitrogen and oxygen atoms in total. The van der Waals surface area contributed by atoms with Crippen molar-refractivity contribution < 1.29 is 27.8 Å². The monoisotopic (exact) mass is 408 g/mol. The SMILES string of the molecule is O=C(O)c1cc(Oc2cccc(I)c2)ccc1C(F)(F)F. The van der Waals surface area contributed by atoms with Gasteiger partial charge in [0.2, 0.25) is 0 Å². The average molecular weight is 408 g/mol. The van der Waals surface area contributed by atoms with Gasteiger partial charge in [0.1, 0.15) is 11.5 Å². The Bertz CT molecular complexity index is 683. The van der Waals surface area contributed by atoms with Gasteiger partial charge < -0.3 is 9.84 Å². The Morgan fingerprint density at radius 2 is 1.76 bits per heavy atom. The molecule has 7 heteroatoms. The van der Waals surface area contributed by atoms with Crippen molar-refractivity contribution in [1.82, 2.24) is 0 Å². The molecule has 0 spiro atoms. The second-order valence-corrected chi connectivity index (χ2v) is 5.32. The molecule has 0 saturated heterocycles.